The Morgan fingerprint density at radius 1 is 1.05 bits per heavy atom. The Balaban J connectivity index is 1.71. The van der Waals surface area contributed by atoms with Crippen LogP contribution in [0.5, 0.6) is 5.75 Å². The van der Waals surface area contributed by atoms with Crippen LogP contribution in [0.25, 0.3) is 17.0 Å². The predicted octanol–water partition coefficient (Wildman–Crippen LogP) is 2.62. The number of hydrogen-bond acceptors (Lipinski definition) is 4. The SMILES string of the molecule is COc1ccc(-c2cn3ccc(N4CCC4)nc3n2)cc1. The zero-order valence-electron chi connectivity index (χ0n) is 11.9. The molecule has 0 aliphatic carbocycles. The molecule has 0 radical (unpaired) electrons. The molecule has 0 bridgehead atoms. The number of hydrogen-bond donors (Lipinski definition) is 0. The van der Waals surface area contributed by atoms with E-state index in [4.69, 9.17) is 4.74 Å². The van der Waals surface area contributed by atoms with Crippen LogP contribution in [0.15, 0.2) is 42.7 Å². The van der Waals surface area contributed by atoms with Gasteiger partial charge >= 0.3 is 0 Å². The molecular formula is C16H16N4O. The predicted molar refractivity (Wildman–Crippen MR) is 81.8 cm³/mol. The van der Waals surface area contributed by atoms with Gasteiger partial charge in [0, 0.05) is 31.0 Å². The lowest BCUT2D eigenvalue weighted by atomic mass is 10.2. The molecule has 4 rings (SSSR count). The van der Waals surface area contributed by atoms with E-state index in [9.17, 15) is 0 Å². The van der Waals surface area contributed by atoms with E-state index in [2.05, 4.69) is 14.9 Å². The molecule has 0 unspecified atom stereocenters. The number of rotatable bonds is 3. The van der Waals surface area contributed by atoms with E-state index in [1.54, 1.807) is 7.11 Å². The van der Waals surface area contributed by atoms with Crippen molar-refractivity contribution in [2.24, 2.45) is 0 Å². The molecule has 1 fully saturated rings. The van der Waals surface area contributed by atoms with Gasteiger partial charge in [0.05, 0.1) is 12.8 Å². The van der Waals surface area contributed by atoms with Crippen LogP contribution in [0.3, 0.4) is 0 Å². The third-order valence-electron chi connectivity index (χ3n) is 3.88. The van der Waals surface area contributed by atoms with Gasteiger partial charge in [0.1, 0.15) is 11.6 Å². The fourth-order valence-electron chi connectivity index (χ4n) is 2.49. The highest BCUT2D eigenvalue weighted by atomic mass is 16.5. The lowest BCUT2D eigenvalue weighted by Gasteiger charge is -2.31. The number of fused-ring (bicyclic) bond motifs is 1. The first-order valence-electron chi connectivity index (χ1n) is 7.08. The Hall–Kier alpha value is -2.56. The summed E-state index contributed by atoms with van der Waals surface area (Å²) >= 11 is 0. The van der Waals surface area contributed by atoms with Crippen molar-refractivity contribution in [2.45, 2.75) is 6.42 Å². The Labute approximate surface area is 122 Å². The van der Waals surface area contributed by atoms with Crippen molar-refractivity contribution in [2.75, 3.05) is 25.1 Å². The maximum atomic E-state index is 5.18. The van der Waals surface area contributed by atoms with Gasteiger partial charge in [0.25, 0.3) is 0 Å². The summed E-state index contributed by atoms with van der Waals surface area (Å²) in [6.07, 6.45) is 5.28. The standard InChI is InChI=1S/C16H16N4O/c1-21-13-5-3-12(4-6-13)14-11-20-10-7-15(18-16(20)17-14)19-8-2-9-19/h3-7,10-11H,2,8-9H2,1H3. The lowest BCUT2D eigenvalue weighted by molar-refractivity contribution is 0.415. The summed E-state index contributed by atoms with van der Waals surface area (Å²) in [4.78, 5) is 11.5. The van der Waals surface area contributed by atoms with Gasteiger partial charge in [-0.25, -0.2) is 4.98 Å². The third kappa shape index (κ3) is 2.11. The smallest absolute Gasteiger partial charge is 0.236 e. The third-order valence-corrected chi connectivity index (χ3v) is 3.88. The van der Waals surface area contributed by atoms with Crippen molar-refractivity contribution in [3.8, 4) is 17.0 Å². The second-order valence-electron chi connectivity index (χ2n) is 5.19. The van der Waals surface area contributed by atoms with Gasteiger partial charge in [-0.1, -0.05) is 0 Å². The molecule has 5 heteroatoms. The summed E-state index contributed by atoms with van der Waals surface area (Å²) in [6, 6.07) is 9.95. The molecule has 106 valence electrons. The van der Waals surface area contributed by atoms with Crippen molar-refractivity contribution in [3.05, 3.63) is 42.7 Å². The highest BCUT2D eigenvalue weighted by molar-refractivity contribution is 5.63. The highest BCUT2D eigenvalue weighted by Gasteiger charge is 2.16. The number of methoxy groups -OCH3 is 1. The largest absolute Gasteiger partial charge is 0.497 e. The quantitative estimate of drug-likeness (QED) is 0.739. The molecule has 21 heavy (non-hydrogen) atoms. The lowest BCUT2D eigenvalue weighted by Crippen LogP contribution is -2.37. The van der Waals surface area contributed by atoms with Gasteiger partial charge in [-0.3, -0.25) is 4.40 Å². The summed E-state index contributed by atoms with van der Waals surface area (Å²) in [6.45, 7) is 2.18. The number of benzene rings is 1. The zero-order chi connectivity index (χ0) is 14.2. The number of ether oxygens (including phenoxy) is 1. The van der Waals surface area contributed by atoms with Crippen LogP contribution in [-0.2, 0) is 0 Å². The van der Waals surface area contributed by atoms with Gasteiger partial charge < -0.3 is 9.64 Å². The van der Waals surface area contributed by atoms with Gasteiger partial charge in [0.15, 0.2) is 0 Å². The molecule has 2 aromatic heterocycles. The average molecular weight is 280 g/mol. The number of nitrogens with zero attached hydrogens (tertiary/aromatic N) is 4. The van der Waals surface area contributed by atoms with Crippen LogP contribution in [-0.4, -0.2) is 34.6 Å². The van der Waals surface area contributed by atoms with Gasteiger partial charge in [-0.2, -0.15) is 4.98 Å². The maximum absolute atomic E-state index is 5.18. The number of aromatic nitrogens is 3. The van der Waals surface area contributed by atoms with Crippen LogP contribution < -0.4 is 9.64 Å². The van der Waals surface area contributed by atoms with Crippen LogP contribution in [0.4, 0.5) is 5.82 Å². The van der Waals surface area contributed by atoms with Gasteiger partial charge in [-0.05, 0) is 36.8 Å². The van der Waals surface area contributed by atoms with Crippen LogP contribution in [0, 0.1) is 0 Å². The summed E-state index contributed by atoms with van der Waals surface area (Å²) in [5, 5.41) is 0. The average Bonchev–Trinajstić information content (AvgIpc) is 2.89. The molecule has 0 atom stereocenters. The van der Waals surface area contributed by atoms with Crippen molar-refractivity contribution in [1.82, 2.24) is 14.4 Å². The minimum absolute atomic E-state index is 0.741. The Kier molecular flexibility index (Phi) is 2.77. The molecule has 5 nitrogen and oxygen atoms in total. The van der Waals surface area contributed by atoms with Gasteiger partial charge in [-0.15, -0.1) is 0 Å². The Morgan fingerprint density at radius 2 is 1.86 bits per heavy atom. The van der Waals surface area contributed by atoms with Gasteiger partial charge in [0.2, 0.25) is 5.78 Å². The van der Waals surface area contributed by atoms with Crippen LogP contribution in [0.2, 0.25) is 0 Å². The first kappa shape index (κ1) is 12.2. The first-order valence-corrected chi connectivity index (χ1v) is 7.08. The van der Waals surface area contributed by atoms with E-state index in [0.29, 0.717) is 0 Å². The molecule has 0 amide bonds. The number of anilines is 1. The molecule has 1 saturated heterocycles. The minimum Gasteiger partial charge on any atom is -0.497 e. The minimum atomic E-state index is 0.741. The molecule has 1 aromatic carbocycles. The molecule has 0 spiro atoms. The molecule has 1 aliphatic heterocycles. The van der Waals surface area contributed by atoms with E-state index >= 15 is 0 Å². The Bertz CT molecular complexity index is 775. The monoisotopic (exact) mass is 280 g/mol. The summed E-state index contributed by atoms with van der Waals surface area (Å²) in [5.74, 6) is 2.60. The molecule has 0 saturated carbocycles. The fourth-order valence-corrected chi connectivity index (χ4v) is 2.49. The molecule has 3 heterocycles. The van der Waals surface area contributed by atoms with Crippen LogP contribution in [0.1, 0.15) is 6.42 Å². The second-order valence-corrected chi connectivity index (χ2v) is 5.19. The fraction of sp³-hybridized carbons (Fsp3) is 0.250. The molecule has 1 aliphatic rings. The zero-order valence-corrected chi connectivity index (χ0v) is 11.9. The van der Waals surface area contributed by atoms with Crippen molar-refractivity contribution in [1.29, 1.82) is 0 Å². The molecular weight excluding hydrogens is 264 g/mol. The normalized spacial score (nSPS) is 14.2. The second kappa shape index (κ2) is 4.77. The highest BCUT2D eigenvalue weighted by Crippen LogP contribution is 2.23. The van der Waals surface area contributed by atoms with E-state index < -0.39 is 0 Å². The maximum Gasteiger partial charge on any atom is 0.236 e. The molecule has 0 N–H and O–H groups in total. The molecule has 3 aromatic rings. The van der Waals surface area contributed by atoms with E-state index in [-0.39, 0.29) is 0 Å². The van der Waals surface area contributed by atoms with Crippen molar-refractivity contribution >= 4 is 11.6 Å². The summed E-state index contributed by atoms with van der Waals surface area (Å²) in [5.41, 5.74) is 1.98. The Morgan fingerprint density at radius 3 is 2.52 bits per heavy atom. The number of imidazole rings is 1. The van der Waals surface area contributed by atoms with E-state index in [0.717, 1.165) is 41.7 Å². The summed E-state index contributed by atoms with van der Waals surface area (Å²) < 4.78 is 7.14. The summed E-state index contributed by atoms with van der Waals surface area (Å²) in [7, 11) is 1.67. The topological polar surface area (TPSA) is 42.7 Å². The van der Waals surface area contributed by atoms with Crippen molar-refractivity contribution in [3.63, 3.8) is 0 Å². The first-order chi connectivity index (χ1) is 10.3. The van der Waals surface area contributed by atoms with E-state index in [1.807, 2.05) is 47.1 Å². The van der Waals surface area contributed by atoms with Crippen molar-refractivity contribution < 1.29 is 4.74 Å². The van der Waals surface area contributed by atoms with Crippen LogP contribution >= 0.6 is 0 Å². The van der Waals surface area contributed by atoms with E-state index in [1.165, 1.54) is 6.42 Å².